The predicted molar refractivity (Wildman–Crippen MR) is 144 cm³/mol. The second-order valence-corrected chi connectivity index (χ2v) is 9.40. The van der Waals surface area contributed by atoms with E-state index in [9.17, 15) is 9.90 Å². The smallest absolute Gasteiger partial charge is 0.333 e. The molecule has 4 aromatic heterocycles. The number of rotatable bonds is 5. The number of nitrogens with zero attached hydrogens (tertiary/aromatic N) is 6. The quantitative estimate of drug-likeness (QED) is 0.396. The molecule has 1 N–H and O–H groups in total. The van der Waals surface area contributed by atoms with E-state index in [1.165, 1.54) is 12.8 Å². The number of pyridine rings is 3. The van der Waals surface area contributed by atoms with Crippen molar-refractivity contribution in [2.45, 2.75) is 26.4 Å². The number of methoxy groups -OCH3 is 1. The summed E-state index contributed by atoms with van der Waals surface area (Å²) < 4.78 is 8.79. The van der Waals surface area contributed by atoms with Crippen molar-refractivity contribution in [1.29, 1.82) is 0 Å². The summed E-state index contributed by atoms with van der Waals surface area (Å²) in [5.41, 5.74) is 5.93. The second-order valence-electron chi connectivity index (χ2n) is 9.40. The number of imidazole rings is 1. The Labute approximate surface area is 213 Å². The molecule has 188 valence electrons. The minimum Gasteiger partial charge on any atom is -0.495 e. The Hall–Kier alpha value is -4.24. The number of aryl methyl sites for hydroxylation is 2. The van der Waals surface area contributed by atoms with Crippen LogP contribution in [-0.2, 0) is 13.7 Å². The minimum atomic E-state index is -0.202. The summed E-state index contributed by atoms with van der Waals surface area (Å²) in [5.74, 6) is 1.47. The number of ether oxygens (including phenoxy) is 1. The van der Waals surface area contributed by atoms with Crippen LogP contribution in [0.5, 0.6) is 5.75 Å². The van der Waals surface area contributed by atoms with Gasteiger partial charge in [0.05, 0.1) is 47.8 Å². The summed E-state index contributed by atoms with van der Waals surface area (Å²) in [7, 11) is 3.32. The van der Waals surface area contributed by atoms with Gasteiger partial charge in [0.25, 0.3) is 0 Å². The second kappa shape index (κ2) is 9.01. The van der Waals surface area contributed by atoms with E-state index >= 15 is 0 Å². The van der Waals surface area contributed by atoms with Crippen LogP contribution in [0.25, 0.3) is 38.8 Å². The molecule has 6 rings (SSSR count). The topological polar surface area (TPSA) is 98.3 Å². The van der Waals surface area contributed by atoms with Gasteiger partial charge in [-0.3, -0.25) is 19.1 Å². The fourth-order valence-electron chi connectivity index (χ4n) is 5.23. The van der Waals surface area contributed by atoms with Crippen molar-refractivity contribution >= 4 is 27.8 Å². The number of aliphatic hydroxyl groups excluding tert-OH is 1. The summed E-state index contributed by atoms with van der Waals surface area (Å²) in [6.45, 7) is 3.78. The normalized spacial score (nSPS) is 13.7. The molecule has 0 bridgehead atoms. The zero-order valence-electron chi connectivity index (χ0n) is 21.1. The molecule has 9 heteroatoms. The molecule has 0 unspecified atom stereocenters. The average Bonchev–Trinajstić information content (AvgIpc) is 3.55. The van der Waals surface area contributed by atoms with Crippen LogP contribution in [0.1, 0.15) is 24.2 Å². The SMILES string of the molecule is COc1cc(-c2ccc3ncc4c(c3c2)n(-c2ccc(N3CCCC3)nc2C)c(=O)n4C)cnc1CO. The first kappa shape index (κ1) is 23.2. The summed E-state index contributed by atoms with van der Waals surface area (Å²) >= 11 is 0. The lowest BCUT2D eigenvalue weighted by Gasteiger charge is -2.18. The summed E-state index contributed by atoms with van der Waals surface area (Å²) in [6.07, 6.45) is 5.82. The standard InChI is InChI=1S/C28H28N6O3/c1-17-23(8-9-26(31-17)33-10-4-5-11-33)34-27-20-12-18(19-13-25(37-3)22(16-35)29-14-19)6-7-21(20)30-15-24(27)32(2)28(34)36/h6-9,12-15,35H,4-5,10-11,16H2,1-3H3. The van der Waals surface area contributed by atoms with Gasteiger partial charge in [-0.2, -0.15) is 0 Å². The van der Waals surface area contributed by atoms with Gasteiger partial charge in [0, 0.05) is 37.3 Å². The molecular weight excluding hydrogens is 468 g/mol. The van der Waals surface area contributed by atoms with Crippen LogP contribution in [0.3, 0.4) is 0 Å². The largest absolute Gasteiger partial charge is 0.495 e. The van der Waals surface area contributed by atoms with E-state index in [0.717, 1.165) is 63.4 Å². The first-order valence-corrected chi connectivity index (χ1v) is 12.4. The highest BCUT2D eigenvalue weighted by atomic mass is 16.5. The molecule has 0 saturated carbocycles. The maximum Gasteiger partial charge on any atom is 0.333 e. The lowest BCUT2D eigenvalue weighted by molar-refractivity contribution is 0.268. The van der Waals surface area contributed by atoms with Gasteiger partial charge in [0.2, 0.25) is 0 Å². The monoisotopic (exact) mass is 496 g/mol. The molecule has 0 amide bonds. The molecule has 1 aliphatic heterocycles. The zero-order chi connectivity index (χ0) is 25.7. The molecule has 0 radical (unpaired) electrons. The lowest BCUT2D eigenvalue weighted by atomic mass is 10.0. The van der Waals surface area contributed by atoms with Crippen LogP contribution in [0.2, 0.25) is 0 Å². The van der Waals surface area contributed by atoms with Crippen molar-refractivity contribution in [3.8, 4) is 22.6 Å². The Kier molecular flexibility index (Phi) is 5.64. The van der Waals surface area contributed by atoms with Gasteiger partial charge in [0.1, 0.15) is 17.3 Å². The van der Waals surface area contributed by atoms with Crippen LogP contribution >= 0.6 is 0 Å². The third-order valence-corrected chi connectivity index (χ3v) is 7.23. The van der Waals surface area contributed by atoms with Crippen molar-refractivity contribution in [2.24, 2.45) is 7.05 Å². The average molecular weight is 497 g/mol. The number of hydrogen-bond acceptors (Lipinski definition) is 7. The third kappa shape index (κ3) is 3.74. The minimum absolute atomic E-state index is 0.149. The highest BCUT2D eigenvalue weighted by molar-refractivity contribution is 6.04. The number of aliphatic hydroxyl groups is 1. The predicted octanol–water partition coefficient (Wildman–Crippen LogP) is 3.74. The van der Waals surface area contributed by atoms with Crippen LogP contribution < -0.4 is 15.3 Å². The maximum atomic E-state index is 13.5. The van der Waals surface area contributed by atoms with Crippen molar-refractivity contribution < 1.29 is 9.84 Å². The maximum absolute atomic E-state index is 13.5. The van der Waals surface area contributed by atoms with E-state index in [2.05, 4.69) is 14.9 Å². The van der Waals surface area contributed by atoms with Gasteiger partial charge >= 0.3 is 5.69 Å². The van der Waals surface area contributed by atoms with Gasteiger partial charge in [-0.05, 0) is 55.7 Å². The van der Waals surface area contributed by atoms with E-state index < -0.39 is 0 Å². The summed E-state index contributed by atoms with van der Waals surface area (Å²) in [6, 6.07) is 11.8. The van der Waals surface area contributed by atoms with E-state index in [1.54, 1.807) is 35.7 Å². The fraction of sp³-hybridized carbons (Fsp3) is 0.286. The lowest BCUT2D eigenvalue weighted by Crippen LogP contribution is -2.23. The number of aromatic nitrogens is 5. The van der Waals surface area contributed by atoms with Gasteiger partial charge < -0.3 is 14.7 Å². The molecule has 1 fully saturated rings. The molecule has 1 saturated heterocycles. The Morgan fingerprint density at radius 3 is 2.57 bits per heavy atom. The van der Waals surface area contributed by atoms with E-state index in [1.807, 2.05) is 43.3 Å². The fourth-order valence-corrected chi connectivity index (χ4v) is 5.23. The number of anilines is 1. The Morgan fingerprint density at radius 1 is 1.03 bits per heavy atom. The number of hydrogen-bond donors (Lipinski definition) is 1. The Morgan fingerprint density at radius 2 is 1.84 bits per heavy atom. The molecule has 0 aliphatic carbocycles. The summed E-state index contributed by atoms with van der Waals surface area (Å²) in [5, 5.41) is 10.4. The molecular formula is C28H28N6O3. The highest BCUT2D eigenvalue weighted by Crippen LogP contribution is 2.32. The molecule has 1 aromatic carbocycles. The molecule has 1 aliphatic rings. The van der Waals surface area contributed by atoms with E-state index in [4.69, 9.17) is 9.72 Å². The highest BCUT2D eigenvalue weighted by Gasteiger charge is 2.20. The first-order chi connectivity index (χ1) is 18.0. The van der Waals surface area contributed by atoms with E-state index in [-0.39, 0.29) is 12.3 Å². The van der Waals surface area contributed by atoms with E-state index in [0.29, 0.717) is 11.4 Å². The number of benzene rings is 1. The van der Waals surface area contributed by atoms with Gasteiger partial charge in [-0.25, -0.2) is 9.78 Å². The van der Waals surface area contributed by atoms with Crippen LogP contribution in [-0.4, -0.2) is 49.4 Å². The van der Waals surface area contributed by atoms with Crippen molar-refractivity contribution in [1.82, 2.24) is 24.1 Å². The van der Waals surface area contributed by atoms with Gasteiger partial charge in [-0.15, -0.1) is 0 Å². The van der Waals surface area contributed by atoms with Crippen molar-refractivity contribution in [3.63, 3.8) is 0 Å². The van der Waals surface area contributed by atoms with Gasteiger partial charge in [0.15, 0.2) is 0 Å². The third-order valence-electron chi connectivity index (χ3n) is 7.23. The van der Waals surface area contributed by atoms with Crippen LogP contribution in [0.4, 0.5) is 5.82 Å². The zero-order valence-corrected chi connectivity index (χ0v) is 21.1. The Balaban J connectivity index is 1.57. The molecule has 5 aromatic rings. The molecule has 5 heterocycles. The van der Waals surface area contributed by atoms with Gasteiger partial charge in [-0.1, -0.05) is 6.07 Å². The van der Waals surface area contributed by atoms with Crippen molar-refractivity contribution in [3.05, 3.63) is 70.7 Å². The molecule has 0 spiro atoms. The van der Waals surface area contributed by atoms with Crippen LogP contribution in [0.15, 0.2) is 53.6 Å². The van der Waals surface area contributed by atoms with Crippen LogP contribution in [0, 0.1) is 6.92 Å². The molecule has 0 atom stereocenters. The summed E-state index contributed by atoms with van der Waals surface area (Å²) in [4.78, 5) is 29.7. The van der Waals surface area contributed by atoms with Crippen molar-refractivity contribution in [2.75, 3.05) is 25.1 Å². The Bertz CT molecular complexity index is 1720. The number of fused-ring (bicyclic) bond motifs is 3. The molecule has 9 nitrogen and oxygen atoms in total. The molecule has 37 heavy (non-hydrogen) atoms. The first-order valence-electron chi connectivity index (χ1n) is 12.4.